The molecule has 114 valence electrons. The quantitative estimate of drug-likeness (QED) is 0.869. The molecule has 0 spiro atoms. The minimum atomic E-state index is 0.616. The summed E-state index contributed by atoms with van der Waals surface area (Å²) in [5, 5.41) is 11.8. The van der Waals surface area contributed by atoms with Gasteiger partial charge in [0.1, 0.15) is 0 Å². The number of nitrogens with zero attached hydrogens (tertiary/aromatic N) is 3. The van der Waals surface area contributed by atoms with Gasteiger partial charge in [-0.3, -0.25) is 0 Å². The first-order valence-corrected chi connectivity index (χ1v) is 8.20. The molecule has 1 aliphatic rings. The van der Waals surface area contributed by atoms with Crippen LogP contribution in [0.3, 0.4) is 0 Å². The molecule has 0 radical (unpaired) electrons. The summed E-state index contributed by atoms with van der Waals surface area (Å²) in [5.41, 5.74) is 1.36. The van der Waals surface area contributed by atoms with E-state index in [2.05, 4.69) is 48.1 Å². The molecular weight excluding hydrogens is 248 g/mol. The van der Waals surface area contributed by atoms with Gasteiger partial charge in [-0.1, -0.05) is 26.0 Å². The number of rotatable bonds is 6. The third kappa shape index (κ3) is 3.40. The Labute approximate surface area is 123 Å². The van der Waals surface area contributed by atoms with E-state index in [1.807, 2.05) is 6.20 Å². The molecule has 3 atom stereocenters. The second-order valence-electron chi connectivity index (χ2n) is 6.62. The van der Waals surface area contributed by atoms with E-state index in [9.17, 15) is 0 Å². The molecule has 4 heteroatoms. The molecule has 0 bridgehead atoms. The average Bonchev–Trinajstić information content (AvgIpc) is 2.88. The van der Waals surface area contributed by atoms with Crippen molar-refractivity contribution in [3.8, 4) is 0 Å². The van der Waals surface area contributed by atoms with Crippen LogP contribution in [0.1, 0.15) is 58.1 Å². The van der Waals surface area contributed by atoms with E-state index in [0.717, 1.165) is 37.3 Å². The maximum absolute atomic E-state index is 4.29. The summed E-state index contributed by atoms with van der Waals surface area (Å²) >= 11 is 0. The van der Waals surface area contributed by atoms with E-state index >= 15 is 0 Å². The van der Waals surface area contributed by atoms with E-state index in [1.54, 1.807) is 0 Å². The predicted molar refractivity (Wildman–Crippen MR) is 82.6 cm³/mol. The molecule has 1 saturated carbocycles. The normalized spacial score (nSPS) is 27.1. The zero-order valence-corrected chi connectivity index (χ0v) is 13.5. The molecule has 2 rings (SSSR count). The first kappa shape index (κ1) is 15.5. The molecule has 0 saturated heterocycles. The van der Waals surface area contributed by atoms with Crippen molar-refractivity contribution in [1.82, 2.24) is 20.3 Å². The summed E-state index contributed by atoms with van der Waals surface area (Å²) < 4.78 is 2.13. The minimum Gasteiger partial charge on any atom is -0.319 e. The van der Waals surface area contributed by atoms with Gasteiger partial charge < -0.3 is 5.32 Å². The Morgan fingerprint density at radius 1 is 1.40 bits per heavy atom. The summed E-state index contributed by atoms with van der Waals surface area (Å²) in [7, 11) is 2.06. The van der Waals surface area contributed by atoms with Gasteiger partial charge in [0.05, 0.1) is 11.9 Å². The standard InChI is InChI=1S/C16H30N4/c1-5-8-20-16(11-18-19-20)15-9-13(12(2)3)6-7-14(15)10-17-4/h11-15,17H,5-10H2,1-4H3. The maximum atomic E-state index is 4.29. The first-order chi connectivity index (χ1) is 9.67. The molecule has 1 aromatic rings. The Bertz CT molecular complexity index is 399. The first-order valence-electron chi connectivity index (χ1n) is 8.20. The Balaban J connectivity index is 2.19. The van der Waals surface area contributed by atoms with Crippen molar-refractivity contribution in [3.63, 3.8) is 0 Å². The van der Waals surface area contributed by atoms with Gasteiger partial charge in [0.25, 0.3) is 0 Å². The highest BCUT2D eigenvalue weighted by Crippen LogP contribution is 2.42. The topological polar surface area (TPSA) is 42.7 Å². The maximum Gasteiger partial charge on any atom is 0.0728 e. The molecule has 0 aliphatic heterocycles. The van der Waals surface area contributed by atoms with Crippen molar-refractivity contribution >= 4 is 0 Å². The van der Waals surface area contributed by atoms with Crippen molar-refractivity contribution in [1.29, 1.82) is 0 Å². The van der Waals surface area contributed by atoms with Gasteiger partial charge in [0, 0.05) is 12.5 Å². The van der Waals surface area contributed by atoms with Crippen LogP contribution in [0.2, 0.25) is 0 Å². The molecule has 0 aromatic carbocycles. The van der Waals surface area contributed by atoms with E-state index in [-0.39, 0.29) is 0 Å². The number of hydrogen-bond acceptors (Lipinski definition) is 3. The van der Waals surface area contributed by atoms with Crippen molar-refractivity contribution in [2.45, 2.75) is 58.9 Å². The highest BCUT2D eigenvalue weighted by Gasteiger charge is 2.34. The van der Waals surface area contributed by atoms with E-state index in [0.29, 0.717) is 5.92 Å². The third-order valence-electron chi connectivity index (χ3n) is 4.91. The largest absolute Gasteiger partial charge is 0.319 e. The van der Waals surface area contributed by atoms with Gasteiger partial charge >= 0.3 is 0 Å². The van der Waals surface area contributed by atoms with Gasteiger partial charge in [0.2, 0.25) is 0 Å². The van der Waals surface area contributed by atoms with E-state index in [4.69, 9.17) is 0 Å². The van der Waals surface area contributed by atoms with Crippen molar-refractivity contribution < 1.29 is 0 Å². The Morgan fingerprint density at radius 2 is 2.20 bits per heavy atom. The van der Waals surface area contributed by atoms with Gasteiger partial charge in [-0.2, -0.15) is 0 Å². The molecule has 3 unspecified atom stereocenters. The summed E-state index contributed by atoms with van der Waals surface area (Å²) in [5.74, 6) is 2.97. The third-order valence-corrected chi connectivity index (χ3v) is 4.91. The molecule has 1 fully saturated rings. The van der Waals surface area contributed by atoms with Crippen LogP contribution in [0.5, 0.6) is 0 Å². The summed E-state index contributed by atoms with van der Waals surface area (Å²) in [6.45, 7) is 9.02. The van der Waals surface area contributed by atoms with Crippen molar-refractivity contribution in [3.05, 3.63) is 11.9 Å². The highest BCUT2D eigenvalue weighted by molar-refractivity contribution is 5.08. The number of aromatic nitrogens is 3. The second-order valence-corrected chi connectivity index (χ2v) is 6.62. The Kier molecular flexibility index (Phi) is 5.58. The lowest BCUT2D eigenvalue weighted by Gasteiger charge is -2.38. The minimum absolute atomic E-state index is 0.616. The van der Waals surface area contributed by atoms with Crippen LogP contribution in [0.15, 0.2) is 6.20 Å². The number of aryl methyl sites for hydroxylation is 1. The van der Waals surface area contributed by atoms with Crippen LogP contribution >= 0.6 is 0 Å². The fourth-order valence-electron chi connectivity index (χ4n) is 3.68. The molecule has 1 N–H and O–H groups in total. The molecular formula is C16H30N4. The predicted octanol–water partition coefficient (Wildman–Crippen LogP) is 3.06. The van der Waals surface area contributed by atoms with Crippen LogP contribution < -0.4 is 5.32 Å². The molecule has 0 amide bonds. The zero-order chi connectivity index (χ0) is 14.5. The Hall–Kier alpha value is -0.900. The average molecular weight is 278 g/mol. The fraction of sp³-hybridized carbons (Fsp3) is 0.875. The smallest absolute Gasteiger partial charge is 0.0728 e. The van der Waals surface area contributed by atoms with Crippen molar-refractivity contribution in [2.24, 2.45) is 17.8 Å². The van der Waals surface area contributed by atoms with E-state index < -0.39 is 0 Å². The molecule has 1 aliphatic carbocycles. The lowest BCUT2D eigenvalue weighted by Crippen LogP contribution is -2.33. The summed E-state index contributed by atoms with van der Waals surface area (Å²) in [6.07, 6.45) is 7.11. The van der Waals surface area contributed by atoms with Crippen LogP contribution in [0.25, 0.3) is 0 Å². The monoisotopic (exact) mass is 278 g/mol. The highest BCUT2D eigenvalue weighted by atomic mass is 15.4. The van der Waals surface area contributed by atoms with Crippen molar-refractivity contribution in [2.75, 3.05) is 13.6 Å². The van der Waals surface area contributed by atoms with Gasteiger partial charge in [-0.15, -0.1) is 5.10 Å². The van der Waals surface area contributed by atoms with Gasteiger partial charge in [-0.05, 0) is 57.0 Å². The van der Waals surface area contributed by atoms with Gasteiger partial charge in [-0.25, -0.2) is 4.68 Å². The molecule has 1 aromatic heterocycles. The lowest BCUT2D eigenvalue weighted by molar-refractivity contribution is 0.186. The SMILES string of the molecule is CCCn1nncc1C1CC(C(C)C)CCC1CNC. The lowest BCUT2D eigenvalue weighted by atomic mass is 9.69. The van der Waals surface area contributed by atoms with Crippen LogP contribution in [-0.4, -0.2) is 28.6 Å². The zero-order valence-electron chi connectivity index (χ0n) is 13.5. The fourth-order valence-corrected chi connectivity index (χ4v) is 3.68. The molecule has 1 heterocycles. The van der Waals surface area contributed by atoms with Crippen LogP contribution in [0.4, 0.5) is 0 Å². The Morgan fingerprint density at radius 3 is 2.85 bits per heavy atom. The van der Waals surface area contributed by atoms with Gasteiger partial charge in [0.15, 0.2) is 0 Å². The molecule has 4 nitrogen and oxygen atoms in total. The number of nitrogens with one attached hydrogen (secondary N) is 1. The summed E-state index contributed by atoms with van der Waals surface area (Å²) in [4.78, 5) is 0. The van der Waals surface area contributed by atoms with Crippen LogP contribution in [0, 0.1) is 17.8 Å². The van der Waals surface area contributed by atoms with E-state index in [1.165, 1.54) is 25.0 Å². The van der Waals surface area contributed by atoms with Crippen LogP contribution in [-0.2, 0) is 6.54 Å². The number of hydrogen-bond donors (Lipinski definition) is 1. The second kappa shape index (κ2) is 7.21. The molecule has 20 heavy (non-hydrogen) atoms. The summed E-state index contributed by atoms with van der Waals surface area (Å²) in [6, 6.07) is 0.